The standard InChI is InChI=1S/C28H45F/c1-5-22-9-21-10-23(6-2,12-22)15-26(11-21,14-22)27-16-24(7-3)13-25(8-4,17-27)19-28(29,18-24)20-27/h21H,5-20H2,1-4H3. The van der Waals surface area contributed by atoms with Gasteiger partial charge in [0, 0.05) is 0 Å². The molecule has 8 saturated carbocycles. The summed E-state index contributed by atoms with van der Waals surface area (Å²) in [6, 6.07) is 0. The van der Waals surface area contributed by atoms with Crippen LogP contribution in [0.4, 0.5) is 4.39 Å². The van der Waals surface area contributed by atoms with Gasteiger partial charge in [0.05, 0.1) is 0 Å². The molecular formula is C28H45F. The zero-order valence-electron chi connectivity index (χ0n) is 19.8. The van der Waals surface area contributed by atoms with Crippen molar-refractivity contribution in [2.45, 2.75) is 136 Å². The Bertz CT molecular complexity index is 680. The molecule has 164 valence electrons. The van der Waals surface area contributed by atoms with Gasteiger partial charge < -0.3 is 0 Å². The van der Waals surface area contributed by atoms with E-state index in [2.05, 4.69) is 27.7 Å². The van der Waals surface area contributed by atoms with E-state index >= 15 is 4.39 Å². The van der Waals surface area contributed by atoms with Crippen molar-refractivity contribution in [3.63, 3.8) is 0 Å². The Kier molecular flexibility index (Phi) is 3.69. The molecule has 8 bridgehead atoms. The van der Waals surface area contributed by atoms with E-state index in [1.165, 1.54) is 83.5 Å². The molecule has 0 aromatic heterocycles. The summed E-state index contributed by atoms with van der Waals surface area (Å²) in [6.07, 6.45) is 20.9. The van der Waals surface area contributed by atoms with Crippen LogP contribution in [0.5, 0.6) is 0 Å². The molecule has 0 heterocycles. The molecule has 8 rings (SSSR count). The van der Waals surface area contributed by atoms with Crippen molar-refractivity contribution in [2.24, 2.45) is 38.4 Å². The van der Waals surface area contributed by atoms with E-state index < -0.39 is 5.67 Å². The SMILES string of the molecule is CCC12CC3CC(CC)(C1)CC(C14CC5(F)CC(CC)(CC(CC)(C5)C1)C4)(C3)C2. The minimum Gasteiger partial charge on any atom is -0.244 e. The van der Waals surface area contributed by atoms with Gasteiger partial charge in [0.25, 0.3) is 0 Å². The van der Waals surface area contributed by atoms with Crippen molar-refractivity contribution in [3.8, 4) is 0 Å². The number of hydrogen-bond donors (Lipinski definition) is 0. The zero-order valence-corrected chi connectivity index (χ0v) is 19.8. The molecule has 0 radical (unpaired) electrons. The molecule has 0 amide bonds. The lowest BCUT2D eigenvalue weighted by Gasteiger charge is -2.78. The lowest BCUT2D eigenvalue weighted by molar-refractivity contribution is -0.294. The highest BCUT2D eigenvalue weighted by molar-refractivity contribution is 5.25. The van der Waals surface area contributed by atoms with Crippen LogP contribution in [0.1, 0.15) is 130 Å². The molecule has 1 heteroatoms. The summed E-state index contributed by atoms with van der Waals surface area (Å²) < 4.78 is 16.6. The predicted molar refractivity (Wildman–Crippen MR) is 118 cm³/mol. The Morgan fingerprint density at radius 2 is 0.966 bits per heavy atom. The first-order valence-corrected chi connectivity index (χ1v) is 13.3. The van der Waals surface area contributed by atoms with Crippen LogP contribution < -0.4 is 0 Å². The molecule has 0 nitrogen and oxygen atoms in total. The highest BCUT2D eigenvalue weighted by Crippen LogP contribution is 2.84. The van der Waals surface area contributed by atoms with Crippen molar-refractivity contribution < 1.29 is 4.39 Å². The third-order valence-electron chi connectivity index (χ3n) is 12.6. The van der Waals surface area contributed by atoms with Crippen molar-refractivity contribution in [3.05, 3.63) is 0 Å². The van der Waals surface area contributed by atoms with Gasteiger partial charge in [-0.3, -0.25) is 0 Å². The lowest BCUT2D eigenvalue weighted by atomic mass is 9.27. The van der Waals surface area contributed by atoms with Gasteiger partial charge >= 0.3 is 0 Å². The second-order valence-electron chi connectivity index (χ2n) is 14.2. The zero-order chi connectivity index (χ0) is 20.4. The van der Waals surface area contributed by atoms with Gasteiger partial charge in [-0.25, -0.2) is 4.39 Å². The lowest BCUT2D eigenvalue weighted by Crippen LogP contribution is -2.70. The van der Waals surface area contributed by atoms with Crippen LogP contribution in [-0.4, -0.2) is 5.67 Å². The summed E-state index contributed by atoms with van der Waals surface area (Å²) in [5.41, 5.74) is 1.79. The largest absolute Gasteiger partial charge is 0.244 e. The molecule has 0 saturated heterocycles. The Hall–Kier alpha value is -0.0700. The number of alkyl halides is 1. The molecular weight excluding hydrogens is 355 g/mol. The van der Waals surface area contributed by atoms with Crippen LogP contribution in [0, 0.1) is 38.4 Å². The second kappa shape index (κ2) is 5.46. The van der Waals surface area contributed by atoms with E-state index in [0.29, 0.717) is 32.5 Å². The van der Waals surface area contributed by atoms with Crippen molar-refractivity contribution in [1.82, 2.24) is 0 Å². The van der Waals surface area contributed by atoms with E-state index in [1.807, 2.05) is 0 Å². The van der Waals surface area contributed by atoms with E-state index in [1.54, 1.807) is 0 Å². The summed E-state index contributed by atoms with van der Waals surface area (Å²) in [6.45, 7) is 9.77. The molecule has 4 unspecified atom stereocenters. The monoisotopic (exact) mass is 400 g/mol. The number of halogens is 1. The maximum absolute atomic E-state index is 16.6. The Balaban J connectivity index is 1.51. The van der Waals surface area contributed by atoms with Gasteiger partial charge in [0.1, 0.15) is 5.67 Å². The third-order valence-corrected chi connectivity index (χ3v) is 12.6. The number of hydrogen-bond acceptors (Lipinski definition) is 0. The second-order valence-corrected chi connectivity index (χ2v) is 14.2. The fraction of sp³-hybridized carbons (Fsp3) is 1.00. The average molecular weight is 401 g/mol. The quantitative estimate of drug-likeness (QED) is 0.433. The molecule has 29 heavy (non-hydrogen) atoms. The maximum Gasteiger partial charge on any atom is 0.112 e. The third kappa shape index (κ3) is 2.32. The first-order chi connectivity index (χ1) is 13.6. The summed E-state index contributed by atoms with van der Waals surface area (Å²) in [5.74, 6) is 0.949. The van der Waals surface area contributed by atoms with Gasteiger partial charge in [-0.2, -0.15) is 0 Å². The molecule has 0 spiro atoms. The maximum atomic E-state index is 16.6. The molecule has 0 N–H and O–H groups in total. The van der Waals surface area contributed by atoms with Gasteiger partial charge in [-0.1, -0.05) is 53.4 Å². The highest BCUT2D eigenvalue weighted by Gasteiger charge is 2.75. The molecule has 0 aliphatic heterocycles. The van der Waals surface area contributed by atoms with Gasteiger partial charge in [-0.15, -0.1) is 0 Å². The first kappa shape index (κ1) is 19.6. The topological polar surface area (TPSA) is 0 Å². The van der Waals surface area contributed by atoms with Crippen LogP contribution in [0.25, 0.3) is 0 Å². The molecule has 8 aliphatic carbocycles. The van der Waals surface area contributed by atoms with Crippen LogP contribution in [0.15, 0.2) is 0 Å². The van der Waals surface area contributed by atoms with E-state index in [4.69, 9.17) is 0 Å². The van der Waals surface area contributed by atoms with Crippen LogP contribution in [0.2, 0.25) is 0 Å². The Labute approximate surface area is 179 Å². The van der Waals surface area contributed by atoms with Crippen LogP contribution in [-0.2, 0) is 0 Å². The van der Waals surface area contributed by atoms with E-state index in [-0.39, 0.29) is 0 Å². The van der Waals surface area contributed by atoms with Gasteiger partial charge in [0.2, 0.25) is 0 Å². The molecule has 0 aromatic rings. The molecule has 8 fully saturated rings. The first-order valence-electron chi connectivity index (χ1n) is 13.3. The molecule has 4 atom stereocenters. The predicted octanol–water partition coefficient (Wildman–Crippen LogP) is 8.63. The summed E-state index contributed by atoms with van der Waals surface area (Å²) in [4.78, 5) is 0. The van der Waals surface area contributed by atoms with E-state index in [9.17, 15) is 0 Å². The van der Waals surface area contributed by atoms with E-state index in [0.717, 1.165) is 25.2 Å². The molecule has 0 aromatic carbocycles. The Morgan fingerprint density at radius 1 is 0.517 bits per heavy atom. The van der Waals surface area contributed by atoms with Crippen LogP contribution in [0.3, 0.4) is 0 Å². The van der Waals surface area contributed by atoms with Gasteiger partial charge in [0.15, 0.2) is 0 Å². The highest BCUT2D eigenvalue weighted by atomic mass is 19.1. The van der Waals surface area contributed by atoms with Crippen molar-refractivity contribution in [2.75, 3.05) is 0 Å². The van der Waals surface area contributed by atoms with Crippen molar-refractivity contribution >= 4 is 0 Å². The summed E-state index contributed by atoms with van der Waals surface area (Å²) in [7, 11) is 0. The average Bonchev–Trinajstić information content (AvgIpc) is 2.65. The number of rotatable bonds is 5. The van der Waals surface area contributed by atoms with Crippen LogP contribution >= 0.6 is 0 Å². The fourth-order valence-corrected chi connectivity index (χ4v) is 12.5. The summed E-state index contributed by atoms with van der Waals surface area (Å²) >= 11 is 0. The minimum absolute atomic E-state index is 0.321. The smallest absolute Gasteiger partial charge is 0.112 e. The van der Waals surface area contributed by atoms with Crippen molar-refractivity contribution in [1.29, 1.82) is 0 Å². The normalized spacial score (nSPS) is 62.2. The molecule has 8 aliphatic rings. The fourth-order valence-electron chi connectivity index (χ4n) is 12.5. The minimum atomic E-state index is -0.844. The van der Waals surface area contributed by atoms with Gasteiger partial charge in [-0.05, 0) is 115 Å². The summed E-state index contributed by atoms with van der Waals surface area (Å²) in [5, 5.41) is 0. The Morgan fingerprint density at radius 3 is 1.45 bits per heavy atom.